The van der Waals surface area contributed by atoms with Crippen molar-refractivity contribution in [1.29, 1.82) is 0 Å². The first kappa shape index (κ1) is 11.8. The average molecular weight is 217 g/mol. The number of carboxylic acid groups (broad SMARTS) is 2. The van der Waals surface area contributed by atoms with E-state index in [1.54, 1.807) is 6.92 Å². The van der Waals surface area contributed by atoms with Gasteiger partial charge in [0.2, 0.25) is 0 Å². The molecule has 6 heteroatoms. The van der Waals surface area contributed by atoms with Crippen LogP contribution < -0.4 is 0 Å². The lowest BCUT2D eigenvalue weighted by Crippen LogP contribution is -2.28. The fourth-order valence-corrected chi connectivity index (χ4v) is 1.96. The maximum absolute atomic E-state index is 10.9. The average Bonchev–Trinajstić information content (AvgIpc) is 2.61. The van der Waals surface area contributed by atoms with Crippen LogP contribution in [-0.4, -0.2) is 52.0 Å². The van der Waals surface area contributed by atoms with Crippen LogP contribution in [0.3, 0.4) is 0 Å². The fourth-order valence-electron chi connectivity index (χ4n) is 1.96. The van der Waals surface area contributed by atoms with Gasteiger partial charge in [0.1, 0.15) is 0 Å². The van der Waals surface area contributed by atoms with Gasteiger partial charge in [0.25, 0.3) is 0 Å². The molecule has 1 fully saturated rings. The summed E-state index contributed by atoms with van der Waals surface area (Å²) >= 11 is 0. The summed E-state index contributed by atoms with van der Waals surface area (Å²) < 4.78 is 0. The van der Waals surface area contributed by atoms with Gasteiger partial charge < -0.3 is 20.2 Å². The standard InChI is InChI=1S/C9H15NO5/c1-5(4-11)6-2-10(9(14)15)3-7(6)8(12)13/h5-7,11H,2-4H2,1H3,(H,12,13)(H,14,15)/t5?,6?,7-/m1/s1. The van der Waals surface area contributed by atoms with E-state index >= 15 is 0 Å². The molecule has 1 aliphatic rings. The van der Waals surface area contributed by atoms with Gasteiger partial charge in [-0.05, 0) is 11.8 Å². The van der Waals surface area contributed by atoms with Crippen molar-refractivity contribution in [1.82, 2.24) is 4.90 Å². The Morgan fingerprint density at radius 1 is 1.40 bits per heavy atom. The van der Waals surface area contributed by atoms with Crippen LogP contribution in [0.2, 0.25) is 0 Å². The highest BCUT2D eigenvalue weighted by Crippen LogP contribution is 2.29. The predicted molar refractivity (Wildman–Crippen MR) is 50.5 cm³/mol. The van der Waals surface area contributed by atoms with Crippen LogP contribution in [0.1, 0.15) is 6.92 Å². The molecule has 0 bridgehead atoms. The van der Waals surface area contributed by atoms with Gasteiger partial charge in [-0.25, -0.2) is 4.79 Å². The van der Waals surface area contributed by atoms with Crippen molar-refractivity contribution in [2.75, 3.05) is 19.7 Å². The van der Waals surface area contributed by atoms with Gasteiger partial charge in [0.05, 0.1) is 5.92 Å². The van der Waals surface area contributed by atoms with E-state index in [0.717, 1.165) is 4.90 Å². The van der Waals surface area contributed by atoms with E-state index in [1.807, 2.05) is 0 Å². The minimum atomic E-state index is -1.10. The number of amides is 1. The first-order valence-electron chi connectivity index (χ1n) is 4.79. The zero-order valence-electron chi connectivity index (χ0n) is 8.46. The third kappa shape index (κ3) is 2.38. The van der Waals surface area contributed by atoms with E-state index < -0.39 is 18.0 Å². The summed E-state index contributed by atoms with van der Waals surface area (Å²) in [6, 6.07) is 0. The second-order valence-corrected chi connectivity index (χ2v) is 3.96. The van der Waals surface area contributed by atoms with Gasteiger partial charge in [-0.3, -0.25) is 4.79 Å². The van der Waals surface area contributed by atoms with E-state index in [4.69, 9.17) is 15.3 Å². The third-order valence-corrected chi connectivity index (χ3v) is 2.97. The maximum Gasteiger partial charge on any atom is 0.407 e. The Morgan fingerprint density at radius 2 is 2.00 bits per heavy atom. The molecule has 0 saturated carbocycles. The predicted octanol–water partition coefficient (Wildman–Crippen LogP) is -0.0746. The van der Waals surface area contributed by atoms with Crippen molar-refractivity contribution in [3.8, 4) is 0 Å². The molecule has 1 aliphatic heterocycles. The van der Waals surface area contributed by atoms with Gasteiger partial charge in [-0.2, -0.15) is 0 Å². The van der Waals surface area contributed by atoms with Crippen LogP contribution in [0, 0.1) is 17.8 Å². The molecular weight excluding hydrogens is 202 g/mol. The maximum atomic E-state index is 10.9. The van der Waals surface area contributed by atoms with Crippen LogP contribution in [0.5, 0.6) is 0 Å². The molecule has 6 nitrogen and oxygen atoms in total. The summed E-state index contributed by atoms with van der Waals surface area (Å²) in [4.78, 5) is 22.7. The molecular formula is C9H15NO5. The van der Waals surface area contributed by atoms with Crippen molar-refractivity contribution in [3.63, 3.8) is 0 Å². The molecule has 1 rings (SSSR count). The number of hydrogen-bond donors (Lipinski definition) is 3. The summed E-state index contributed by atoms with van der Waals surface area (Å²) in [5.74, 6) is -2.20. The summed E-state index contributed by atoms with van der Waals surface area (Å²) in [6.07, 6.45) is -1.10. The minimum Gasteiger partial charge on any atom is -0.481 e. The lowest BCUT2D eigenvalue weighted by molar-refractivity contribution is -0.143. The Balaban J connectivity index is 2.76. The smallest absolute Gasteiger partial charge is 0.407 e. The Hall–Kier alpha value is -1.30. The molecule has 1 heterocycles. The fraction of sp³-hybridized carbons (Fsp3) is 0.778. The van der Waals surface area contributed by atoms with E-state index in [-0.39, 0.29) is 31.5 Å². The van der Waals surface area contributed by atoms with Gasteiger partial charge in [-0.1, -0.05) is 6.92 Å². The molecule has 1 amide bonds. The van der Waals surface area contributed by atoms with Crippen molar-refractivity contribution >= 4 is 12.1 Å². The molecule has 3 atom stereocenters. The van der Waals surface area contributed by atoms with E-state index in [2.05, 4.69) is 0 Å². The summed E-state index contributed by atoms with van der Waals surface area (Å²) in [5.41, 5.74) is 0. The Morgan fingerprint density at radius 3 is 2.40 bits per heavy atom. The number of carboxylic acids is 1. The van der Waals surface area contributed by atoms with E-state index in [0.29, 0.717) is 0 Å². The molecule has 0 aromatic carbocycles. The zero-order valence-corrected chi connectivity index (χ0v) is 8.46. The van der Waals surface area contributed by atoms with E-state index in [9.17, 15) is 9.59 Å². The number of aliphatic hydroxyl groups is 1. The molecule has 0 spiro atoms. The molecule has 3 N–H and O–H groups in total. The van der Waals surface area contributed by atoms with E-state index in [1.165, 1.54) is 0 Å². The number of aliphatic carboxylic acids is 1. The number of rotatable bonds is 3. The molecule has 0 aromatic rings. The summed E-state index contributed by atoms with van der Waals surface area (Å²) in [7, 11) is 0. The number of nitrogens with zero attached hydrogens (tertiary/aromatic N) is 1. The minimum absolute atomic E-state index is 0.0136. The Bertz CT molecular complexity index is 267. The highest BCUT2D eigenvalue weighted by molar-refractivity contribution is 5.73. The molecule has 15 heavy (non-hydrogen) atoms. The number of hydrogen-bond acceptors (Lipinski definition) is 3. The second-order valence-electron chi connectivity index (χ2n) is 3.96. The monoisotopic (exact) mass is 217 g/mol. The summed E-state index contributed by atoms with van der Waals surface area (Å²) in [5, 5.41) is 26.6. The highest BCUT2D eigenvalue weighted by Gasteiger charge is 2.41. The molecule has 0 radical (unpaired) electrons. The number of likely N-dealkylation sites (tertiary alicyclic amines) is 1. The normalized spacial score (nSPS) is 27.7. The number of carbonyl (C=O) groups is 2. The van der Waals surface area contributed by atoms with Gasteiger partial charge in [0, 0.05) is 19.7 Å². The molecule has 86 valence electrons. The molecule has 1 saturated heterocycles. The SMILES string of the molecule is CC(CO)C1CN(C(=O)O)C[C@H]1C(=O)O. The van der Waals surface area contributed by atoms with Crippen molar-refractivity contribution in [2.24, 2.45) is 17.8 Å². The van der Waals surface area contributed by atoms with Crippen molar-refractivity contribution in [2.45, 2.75) is 6.92 Å². The third-order valence-electron chi connectivity index (χ3n) is 2.97. The quantitative estimate of drug-likeness (QED) is 0.614. The first-order chi connectivity index (χ1) is 6.97. The Kier molecular flexibility index (Phi) is 3.52. The zero-order chi connectivity index (χ0) is 11.6. The first-order valence-corrected chi connectivity index (χ1v) is 4.79. The van der Waals surface area contributed by atoms with Gasteiger partial charge in [0.15, 0.2) is 0 Å². The topological polar surface area (TPSA) is 98.1 Å². The highest BCUT2D eigenvalue weighted by atomic mass is 16.4. The second kappa shape index (κ2) is 4.48. The largest absolute Gasteiger partial charge is 0.481 e. The van der Waals surface area contributed by atoms with Gasteiger partial charge in [-0.15, -0.1) is 0 Å². The molecule has 0 aliphatic carbocycles. The molecule has 2 unspecified atom stereocenters. The van der Waals surface area contributed by atoms with Crippen LogP contribution in [0.25, 0.3) is 0 Å². The summed E-state index contributed by atoms with van der Waals surface area (Å²) in [6.45, 7) is 1.81. The van der Waals surface area contributed by atoms with Crippen LogP contribution in [-0.2, 0) is 4.79 Å². The van der Waals surface area contributed by atoms with Crippen LogP contribution in [0.4, 0.5) is 4.79 Å². The van der Waals surface area contributed by atoms with Crippen molar-refractivity contribution < 1.29 is 24.9 Å². The number of aliphatic hydroxyl groups excluding tert-OH is 1. The lowest BCUT2D eigenvalue weighted by atomic mass is 9.85. The Labute approximate surface area is 87.1 Å². The molecule has 0 aromatic heterocycles. The van der Waals surface area contributed by atoms with Crippen molar-refractivity contribution in [3.05, 3.63) is 0 Å². The van der Waals surface area contributed by atoms with Crippen LogP contribution in [0.15, 0.2) is 0 Å². The lowest BCUT2D eigenvalue weighted by Gasteiger charge is -2.19. The van der Waals surface area contributed by atoms with Crippen LogP contribution >= 0.6 is 0 Å². The van der Waals surface area contributed by atoms with Gasteiger partial charge >= 0.3 is 12.1 Å².